The lowest BCUT2D eigenvalue weighted by Gasteiger charge is -2.37. The number of nitrogens with two attached hydrogens (primary N) is 1. The standard InChI is InChI=1S/C17H28N2O/c1-7-8-15(17(4,5)6)19(18)16(20)14-10-12(2)9-13(3)11-14/h9-11,15H,7-8,18H2,1-6H3/t15-/m0/s1. The maximum absolute atomic E-state index is 12.6. The third-order valence-corrected chi connectivity index (χ3v) is 3.60. The summed E-state index contributed by atoms with van der Waals surface area (Å²) < 4.78 is 0. The second-order valence-electron chi connectivity index (χ2n) is 6.76. The Balaban J connectivity index is 3.05. The molecular formula is C17H28N2O. The summed E-state index contributed by atoms with van der Waals surface area (Å²) in [4.78, 5) is 12.6. The van der Waals surface area contributed by atoms with E-state index in [0.29, 0.717) is 5.56 Å². The Bertz CT molecular complexity index is 454. The Morgan fingerprint density at radius 3 is 2.10 bits per heavy atom. The first kappa shape index (κ1) is 16.7. The van der Waals surface area contributed by atoms with Gasteiger partial charge in [0, 0.05) is 5.56 Å². The maximum atomic E-state index is 12.6. The van der Waals surface area contributed by atoms with Gasteiger partial charge < -0.3 is 0 Å². The van der Waals surface area contributed by atoms with Gasteiger partial charge in [-0.05, 0) is 37.8 Å². The molecule has 1 rings (SSSR count). The lowest BCUT2D eigenvalue weighted by molar-refractivity contribution is 0.0492. The van der Waals surface area contributed by atoms with E-state index in [1.807, 2.05) is 26.0 Å². The fraction of sp³-hybridized carbons (Fsp3) is 0.588. The molecular weight excluding hydrogens is 248 g/mol. The zero-order valence-corrected chi connectivity index (χ0v) is 13.7. The van der Waals surface area contributed by atoms with Crippen LogP contribution in [0.2, 0.25) is 0 Å². The highest BCUT2D eigenvalue weighted by atomic mass is 16.2. The average molecular weight is 276 g/mol. The van der Waals surface area contributed by atoms with Crippen LogP contribution in [0.5, 0.6) is 0 Å². The van der Waals surface area contributed by atoms with Crippen molar-refractivity contribution in [3.05, 3.63) is 34.9 Å². The molecule has 20 heavy (non-hydrogen) atoms. The summed E-state index contributed by atoms with van der Waals surface area (Å²) in [6.07, 6.45) is 1.92. The third kappa shape index (κ3) is 4.07. The van der Waals surface area contributed by atoms with E-state index in [0.717, 1.165) is 24.0 Å². The van der Waals surface area contributed by atoms with Crippen LogP contribution < -0.4 is 5.84 Å². The summed E-state index contributed by atoms with van der Waals surface area (Å²) in [5.74, 6) is 6.06. The molecule has 0 saturated heterocycles. The summed E-state index contributed by atoms with van der Waals surface area (Å²) in [6.45, 7) is 12.5. The van der Waals surface area contributed by atoms with Gasteiger partial charge in [-0.15, -0.1) is 0 Å². The Morgan fingerprint density at radius 1 is 1.20 bits per heavy atom. The zero-order chi connectivity index (χ0) is 15.5. The molecule has 1 atom stereocenters. The van der Waals surface area contributed by atoms with Gasteiger partial charge in [0.2, 0.25) is 0 Å². The van der Waals surface area contributed by atoms with E-state index in [4.69, 9.17) is 5.84 Å². The number of amides is 1. The fourth-order valence-electron chi connectivity index (χ4n) is 2.65. The van der Waals surface area contributed by atoms with E-state index in [9.17, 15) is 4.79 Å². The van der Waals surface area contributed by atoms with E-state index in [2.05, 4.69) is 33.8 Å². The lowest BCUT2D eigenvalue weighted by Crippen LogP contribution is -2.51. The van der Waals surface area contributed by atoms with Crippen LogP contribution in [0, 0.1) is 19.3 Å². The predicted molar refractivity (Wildman–Crippen MR) is 84.4 cm³/mol. The minimum Gasteiger partial charge on any atom is -0.273 e. The molecule has 1 aromatic rings. The summed E-state index contributed by atoms with van der Waals surface area (Å²) in [7, 11) is 0. The molecule has 0 aliphatic rings. The highest BCUT2D eigenvalue weighted by Gasteiger charge is 2.31. The lowest BCUT2D eigenvalue weighted by atomic mass is 9.83. The summed E-state index contributed by atoms with van der Waals surface area (Å²) in [5, 5.41) is 1.43. The number of rotatable bonds is 4. The van der Waals surface area contributed by atoms with Crippen LogP contribution in [0.15, 0.2) is 18.2 Å². The number of aryl methyl sites for hydroxylation is 2. The third-order valence-electron chi connectivity index (χ3n) is 3.60. The molecule has 0 spiro atoms. The van der Waals surface area contributed by atoms with Crippen molar-refractivity contribution >= 4 is 5.91 Å². The van der Waals surface area contributed by atoms with E-state index < -0.39 is 0 Å². The van der Waals surface area contributed by atoms with Crippen LogP contribution in [0.25, 0.3) is 0 Å². The molecule has 1 aromatic carbocycles. The zero-order valence-electron chi connectivity index (χ0n) is 13.7. The molecule has 0 aliphatic carbocycles. The first-order chi connectivity index (χ1) is 9.16. The Labute approximate surface area is 123 Å². The Kier molecular flexibility index (Phi) is 5.35. The number of hydrogen-bond acceptors (Lipinski definition) is 2. The number of carbonyl (C=O) groups excluding carboxylic acids is 1. The molecule has 2 N–H and O–H groups in total. The fourth-order valence-corrected chi connectivity index (χ4v) is 2.65. The van der Waals surface area contributed by atoms with Crippen molar-refractivity contribution in [2.24, 2.45) is 11.3 Å². The van der Waals surface area contributed by atoms with Crippen molar-refractivity contribution in [1.82, 2.24) is 5.01 Å². The molecule has 0 aromatic heterocycles. The van der Waals surface area contributed by atoms with Crippen LogP contribution in [0.1, 0.15) is 62.0 Å². The summed E-state index contributed by atoms with van der Waals surface area (Å²) in [6, 6.07) is 5.91. The van der Waals surface area contributed by atoms with Gasteiger partial charge in [0.1, 0.15) is 0 Å². The molecule has 3 heteroatoms. The number of hydrogen-bond donors (Lipinski definition) is 1. The Hall–Kier alpha value is -1.35. The topological polar surface area (TPSA) is 46.3 Å². The van der Waals surface area contributed by atoms with Crippen LogP contribution >= 0.6 is 0 Å². The highest BCUT2D eigenvalue weighted by Crippen LogP contribution is 2.27. The smallest absolute Gasteiger partial charge is 0.268 e. The number of hydrazine groups is 1. The molecule has 3 nitrogen and oxygen atoms in total. The van der Waals surface area contributed by atoms with E-state index in [-0.39, 0.29) is 17.4 Å². The molecule has 0 unspecified atom stereocenters. The first-order valence-corrected chi connectivity index (χ1v) is 7.33. The van der Waals surface area contributed by atoms with Gasteiger partial charge in [-0.25, -0.2) is 5.84 Å². The quantitative estimate of drug-likeness (QED) is 0.516. The molecule has 112 valence electrons. The van der Waals surface area contributed by atoms with Gasteiger partial charge in [-0.2, -0.15) is 0 Å². The minimum absolute atomic E-state index is 0.0285. The van der Waals surface area contributed by atoms with Gasteiger partial charge in [-0.1, -0.05) is 51.3 Å². The van der Waals surface area contributed by atoms with Gasteiger partial charge in [-0.3, -0.25) is 9.80 Å². The van der Waals surface area contributed by atoms with Crippen molar-refractivity contribution in [1.29, 1.82) is 0 Å². The number of benzene rings is 1. The SMILES string of the molecule is CCC[C@H](N(N)C(=O)c1cc(C)cc(C)c1)C(C)(C)C. The molecule has 0 aliphatic heterocycles. The van der Waals surface area contributed by atoms with Crippen LogP contribution in [0.4, 0.5) is 0 Å². The van der Waals surface area contributed by atoms with Crippen molar-refractivity contribution in [3.63, 3.8) is 0 Å². The summed E-state index contributed by atoms with van der Waals surface area (Å²) >= 11 is 0. The van der Waals surface area contributed by atoms with Crippen LogP contribution in [-0.4, -0.2) is 17.0 Å². The molecule has 0 saturated carbocycles. The maximum Gasteiger partial charge on any atom is 0.268 e. The Morgan fingerprint density at radius 2 is 1.70 bits per heavy atom. The highest BCUT2D eigenvalue weighted by molar-refractivity contribution is 5.94. The second kappa shape index (κ2) is 6.40. The normalized spacial score (nSPS) is 13.2. The summed E-state index contributed by atoms with van der Waals surface area (Å²) in [5.41, 5.74) is 2.82. The molecule has 0 heterocycles. The molecule has 0 bridgehead atoms. The van der Waals surface area contributed by atoms with Crippen molar-refractivity contribution in [2.45, 2.75) is 60.4 Å². The van der Waals surface area contributed by atoms with Crippen LogP contribution in [0.3, 0.4) is 0 Å². The average Bonchev–Trinajstić information content (AvgIpc) is 2.31. The van der Waals surface area contributed by atoms with Gasteiger partial charge >= 0.3 is 0 Å². The number of nitrogens with zero attached hydrogens (tertiary/aromatic N) is 1. The van der Waals surface area contributed by atoms with Gasteiger partial charge in [0.15, 0.2) is 0 Å². The van der Waals surface area contributed by atoms with Gasteiger partial charge in [0.05, 0.1) is 6.04 Å². The van der Waals surface area contributed by atoms with Crippen molar-refractivity contribution in [3.8, 4) is 0 Å². The minimum atomic E-state index is -0.0924. The predicted octanol–water partition coefficient (Wildman–Crippen LogP) is 3.83. The van der Waals surface area contributed by atoms with E-state index >= 15 is 0 Å². The molecule has 0 fully saturated rings. The first-order valence-electron chi connectivity index (χ1n) is 7.33. The largest absolute Gasteiger partial charge is 0.273 e. The van der Waals surface area contributed by atoms with Crippen molar-refractivity contribution < 1.29 is 4.79 Å². The molecule has 1 amide bonds. The monoisotopic (exact) mass is 276 g/mol. The van der Waals surface area contributed by atoms with Crippen molar-refractivity contribution in [2.75, 3.05) is 0 Å². The number of carbonyl (C=O) groups is 1. The van der Waals surface area contributed by atoms with E-state index in [1.165, 1.54) is 5.01 Å². The second-order valence-corrected chi connectivity index (χ2v) is 6.76. The molecule has 0 radical (unpaired) electrons. The van der Waals surface area contributed by atoms with Crippen LogP contribution in [-0.2, 0) is 0 Å². The van der Waals surface area contributed by atoms with E-state index in [1.54, 1.807) is 0 Å². The van der Waals surface area contributed by atoms with Gasteiger partial charge in [0.25, 0.3) is 5.91 Å².